The van der Waals surface area contributed by atoms with Crippen LogP contribution < -0.4 is 10.2 Å². The molecule has 0 saturated carbocycles. The first-order valence-electron chi connectivity index (χ1n) is 8.98. The second-order valence-electron chi connectivity index (χ2n) is 5.91. The number of rotatable bonds is 8. The number of carbonyl (C=O) groups is 1. The van der Waals surface area contributed by atoms with Crippen LogP contribution in [-0.4, -0.2) is 19.2 Å². The number of hydrogen-bond acceptors (Lipinski definition) is 5. The molecule has 3 rings (SSSR count). The van der Waals surface area contributed by atoms with Crippen molar-refractivity contribution in [3.63, 3.8) is 0 Å². The van der Waals surface area contributed by atoms with Gasteiger partial charge < -0.3 is 4.74 Å². The Balaban J connectivity index is 1.73. The molecule has 0 aliphatic heterocycles. The molecule has 0 unspecified atom stereocenters. The first-order valence-corrected chi connectivity index (χ1v) is 11.4. The molecule has 1 amide bonds. The molecule has 3 aromatic carbocycles. The normalized spacial score (nSPS) is 10.6. The summed E-state index contributed by atoms with van der Waals surface area (Å²) in [7, 11) is 1.59. The number of amides is 1. The van der Waals surface area contributed by atoms with Crippen molar-refractivity contribution < 1.29 is 9.53 Å². The SMILES string of the molecule is COc1ccc(Br)cc1/C=N/NC(=O)C=C(Sc1ccccc1)Sc1ccccc1. The lowest BCUT2D eigenvalue weighted by atomic mass is 10.2. The monoisotopic (exact) mass is 498 g/mol. The topological polar surface area (TPSA) is 50.7 Å². The van der Waals surface area contributed by atoms with Crippen LogP contribution in [0.15, 0.2) is 109 Å². The minimum Gasteiger partial charge on any atom is -0.496 e. The number of ether oxygens (including phenoxy) is 1. The molecule has 0 bridgehead atoms. The molecule has 1 N–H and O–H groups in total. The van der Waals surface area contributed by atoms with Gasteiger partial charge in [-0.1, -0.05) is 75.9 Å². The Morgan fingerprint density at radius 2 is 1.57 bits per heavy atom. The summed E-state index contributed by atoms with van der Waals surface area (Å²) in [5.74, 6) is 0.369. The van der Waals surface area contributed by atoms with Crippen LogP contribution in [0.4, 0.5) is 0 Å². The highest BCUT2D eigenvalue weighted by Crippen LogP contribution is 2.38. The Bertz CT molecular complexity index is 998. The Morgan fingerprint density at radius 1 is 0.967 bits per heavy atom. The Hall–Kier alpha value is -2.48. The van der Waals surface area contributed by atoms with Crippen LogP contribution in [0.3, 0.4) is 0 Å². The number of hydrogen-bond donors (Lipinski definition) is 1. The average Bonchev–Trinajstić information content (AvgIpc) is 2.75. The lowest BCUT2D eigenvalue weighted by molar-refractivity contribution is -0.116. The molecule has 0 aromatic heterocycles. The van der Waals surface area contributed by atoms with Gasteiger partial charge in [-0.3, -0.25) is 4.79 Å². The largest absolute Gasteiger partial charge is 0.496 e. The summed E-state index contributed by atoms with van der Waals surface area (Å²) in [6.45, 7) is 0. The van der Waals surface area contributed by atoms with Gasteiger partial charge in [-0.15, -0.1) is 0 Å². The Labute approximate surface area is 192 Å². The van der Waals surface area contributed by atoms with E-state index in [1.54, 1.807) is 19.4 Å². The molecule has 0 fully saturated rings. The van der Waals surface area contributed by atoms with Crippen LogP contribution in [-0.2, 0) is 4.79 Å². The van der Waals surface area contributed by atoms with Crippen LogP contribution in [0.25, 0.3) is 0 Å². The zero-order valence-corrected chi connectivity index (χ0v) is 19.3. The van der Waals surface area contributed by atoms with Gasteiger partial charge >= 0.3 is 0 Å². The van der Waals surface area contributed by atoms with E-state index in [9.17, 15) is 4.79 Å². The van der Waals surface area contributed by atoms with Crippen molar-refractivity contribution in [1.82, 2.24) is 5.43 Å². The molecule has 152 valence electrons. The van der Waals surface area contributed by atoms with Crippen LogP contribution in [0.1, 0.15) is 5.56 Å². The minimum atomic E-state index is -0.304. The first kappa shape index (κ1) is 22.2. The van der Waals surface area contributed by atoms with E-state index >= 15 is 0 Å². The Morgan fingerprint density at radius 3 is 2.13 bits per heavy atom. The number of carbonyl (C=O) groups excluding carboxylic acids is 1. The van der Waals surface area contributed by atoms with Crippen LogP contribution >= 0.6 is 39.5 Å². The van der Waals surface area contributed by atoms with Gasteiger partial charge in [0.25, 0.3) is 5.91 Å². The molecule has 0 saturated heterocycles. The van der Waals surface area contributed by atoms with Gasteiger partial charge in [0.15, 0.2) is 0 Å². The average molecular weight is 499 g/mol. The number of thioether (sulfide) groups is 2. The third kappa shape index (κ3) is 7.09. The van der Waals surface area contributed by atoms with E-state index in [4.69, 9.17) is 4.74 Å². The molecule has 0 spiro atoms. The molecule has 0 radical (unpaired) electrons. The van der Waals surface area contributed by atoms with E-state index < -0.39 is 0 Å². The highest BCUT2D eigenvalue weighted by molar-refractivity contribution is 9.10. The van der Waals surface area contributed by atoms with Crippen molar-refractivity contribution in [3.8, 4) is 5.75 Å². The fraction of sp³-hybridized carbons (Fsp3) is 0.0435. The fourth-order valence-electron chi connectivity index (χ4n) is 2.40. The number of hydrazone groups is 1. The third-order valence-corrected chi connectivity index (χ3v) is 6.39. The van der Waals surface area contributed by atoms with Crippen molar-refractivity contribution in [1.29, 1.82) is 0 Å². The quantitative estimate of drug-likeness (QED) is 0.170. The molecule has 30 heavy (non-hydrogen) atoms. The van der Waals surface area contributed by atoms with Crippen molar-refractivity contribution in [2.45, 2.75) is 9.79 Å². The van der Waals surface area contributed by atoms with E-state index in [1.165, 1.54) is 23.5 Å². The second-order valence-corrected chi connectivity index (χ2v) is 9.32. The number of nitrogens with zero attached hydrogens (tertiary/aromatic N) is 1. The highest BCUT2D eigenvalue weighted by atomic mass is 79.9. The summed E-state index contributed by atoms with van der Waals surface area (Å²) in [6, 6.07) is 25.5. The van der Waals surface area contributed by atoms with Crippen molar-refractivity contribution in [2.75, 3.05) is 7.11 Å². The number of nitrogens with one attached hydrogen (secondary N) is 1. The maximum Gasteiger partial charge on any atom is 0.265 e. The fourth-order valence-corrected chi connectivity index (χ4v) is 4.91. The van der Waals surface area contributed by atoms with E-state index in [2.05, 4.69) is 26.5 Å². The van der Waals surface area contributed by atoms with Gasteiger partial charge in [0.1, 0.15) is 5.75 Å². The smallest absolute Gasteiger partial charge is 0.265 e. The lowest BCUT2D eigenvalue weighted by Gasteiger charge is -2.07. The van der Waals surface area contributed by atoms with Crippen LogP contribution in [0.5, 0.6) is 5.75 Å². The van der Waals surface area contributed by atoms with E-state index in [0.717, 1.165) is 24.1 Å². The maximum atomic E-state index is 12.5. The van der Waals surface area contributed by atoms with E-state index in [1.807, 2.05) is 78.9 Å². The predicted molar refractivity (Wildman–Crippen MR) is 129 cm³/mol. The summed E-state index contributed by atoms with van der Waals surface area (Å²) in [4.78, 5) is 14.6. The standard InChI is InChI=1S/C23H19BrN2O2S2/c1-28-21-13-12-18(24)14-17(21)16-25-26-22(27)15-23(29-19-8-4-2-5-9-19)30-20-10-6-3-7-11-20/h2-16H,1H3,(H,26,27)/b25-16+. The van der Waals surface area contributed by atoms with Crippen LogP contribution in [0.2, 0.25) is 0 Å². The van der Waals surface area contributed by atoms with Gasteiger partial charge in [0, 0.05) is 25.9 Å². The number of halogens is 1. The zero-order chi connectivity index (χ0) is 21.2. The summed E-state index contributed by atoms with van der Waals surface area (Å²) in [5, 5.41) is 4.07. The molecule has 0 atom stereocenters. The van der Waals surface area contributed by atoms with Crippen LogP contribution in [0, 0.1) is 0 Å². The first-order chi connectivity index (χ1) is 14.6. The molecule has 7 heteroatoms. The molecule has 4 nitrogen and oxygen atoms in total. The van der Waals surface area contributed by atoms with E-state index in [-0.39, 0.29) is 5.91 Å². The molecular weight excluding hydrogens is 480 g/mol. The second kappa shape index (κ2) is 11.6. The van der Waals surface area contributed by atoms with Crippen molar-refractivity contribution in [2.24, 2.45) is 5.10 Å². The van der Waals surface area contributed by atoms with Gasteiger partial charge in [-0.2, -0.15) is 5.10 Å². The molecular formula is C23H19BrN2O2S2. The van der Waals surface area contributed by atoms with Gasteiger partial charge in [-0.05, 0) is 42.5 Å². The molecule has 3 aromatic rings. The summed E-state index contributed by atoms with van der Waals surface area (Å²) >= 11 is 6.49. The summed E-state index contributed by atoms with van der Waals surface area (Å²) < 4.78 is 7.06. The minimum absolute atomic E-state index is 0.304. The van der Waals surface area contributed by atoms with Crippen molar-refractivity contribution >= 4 is 51.6 Å². The number of methoxy groups -OCH3 is 1. The van der Waals surface area contributed by atoms with Gasteiger partial charge in [-0.25, -0.2) is 5.43 Å². The van der Waals surface area contributed by atoms with Gasteiger partial charge in [0.05, 0.1) is 17.6 Å². The molecule has 0 heterocycles. The van der Waals surface area contributed by atoms with Crippen molar-refractivity contribution in [3.05, 3.63) is 99.2 Å². The highest BCUT2D eigenvalue weighted by Gasteiger charge is 2.07. The Kier molecular flexibility index (Phi) is 8.62. The number of benzene rings is 3. The lowest BCUT2D eigenvalue weighted by Crippen LogP contribution is -2.14. The maximum absolute atomic E-state index is 12.5. The zero-order valence-electron chi connectivity index (χ0n) is 16.1. The summed E-state index contributed by atoms with van der Waals surface area (Å²) in [5.41, 5.74) is 3.32. The van der Waals surface area contributed by atoms with E-state index in [0.29, 0.717) is 5.75 Å². The third-order valence-electron chi connectivity index (χ3n) is 3.74. The molecule has 0 aliphatic rings. The molecule has 0 aliphatic carbocycles. The summed E-state index contributed by atoms with van der Waals surface area (Å²) in [6.07, 6.45) is 3.12. The van der Waals surface area contributed by atoms with Gasteiger partial charge in [0.2, 0.25) is 0 Å². The predicted octanol–water partition coefficient (Wildman–Crippen LogP) is 6.33.